The van der Waals surface area contributed by atoms with E-state index in [0.29, 0.717) is 24.7 Å². The molecule has 2 aliphatic heterocycles. The number of imidazole rings is 1. The average molecular weight is 399 g/mol. The van der Waals surface area contributed by atoms with Gasteiger partial charge in [0.1, 0.15) is 23.8 Å². The van der Waals surface area contributed by atoms with E-state index in [1.807, 2.05) is 0 Å². The highest BCUT2D eigenvalue weighted by molar-refractivity contribution is 5.94. The van der Waals surface area contributed by atoms with Crippen LogP contribution in [0.3, 0.4) is 0 Å². The van der Waals surface area contributed by atoms with E-state index in [9.17, 15) is 9.90 Å². The standard InChI is InChI=1S/C21H30N6O2/c1-3-4-16-12-27(9-10-28)20(24-16)15-5-7-26(8-6-15)21-18-14(2)11-17(29)25-19(18)22-13-23-21/h12-15,28H,3-11H2,1-2H3,(H,22,23,25,29). The van der Waals surface area contributed by atoms with Gasteiger partial charge in [0.2, 0.25) is 5.91 Å². The van der Waals surface area contributed by atoms with Gasteiger partial charge in [-0.05, 0) is 25.2 Å². The Hall–Kier alpha value is -2.48. The molecule has 2 aliphatic rings. The lowest BCUT2D eigenvalue weighted by molar-refractivity contribution is -0.116. The second-order valence-corrected chi connectivity index (χ2v) is 8.13. The van der Waals surface area contributed by atoms with Gasteiger partial charge in [0.05, 0.1) is 12.3 Å². The van der Waals surface area contributed by atoms with E-state index in [1.165, 1.54) is 0 Å². The molecular formula is C21H30N6O2. The minimum atomic E-state index is 0.0203. The summed E-state index contributed by atoms with van der Waals surface area (Å²) in [5.74, 6) is 3.24. The Balaban J connectivity index is 1.51. The number of aliphatic hydroxyl groups excluding tert-OH is 1. The number of carbonyl (C=O) groups excluding carboxylic acids is 1. The molecule has 156 valence electrons. The molecule has 1 saturated heterocycles. The van der Waals surface area contributed by atoms with E-state index in [-0.39, 0.29) is 18.4 Å². The number of amides is 1. The van der Waals surface area contributed by atoms with Crippen LogP contribution in [0.4, 0.5) is 11.6 Å². The quantitative estimate of drug-likeness (QED) is 0.776. The van der Waals surface area contributed by atoms with Gasteiger partial charge in [0.25, 0.3) is 0 Å². The van der Waals surface area contributed by atoms with Crippen molar-refractivity contribution in [2.24, 2.45) is 0 Å². The van der Waals surface area contributed by atoms with Gasteiger partial charge in [-0.25, -0.2) is 15.0 Å². The number of aryl methyl sites for hydroxylation is 1. The highest BCUT2D eigenvalue weighted by atomic mass is 16.3. The maximum atomic E-state index is 11.8. The Labute approximate surface area is 171 Å². The summed E-state index contributed by atoms with van der Waals surface area (Å²) >= 11 is 0. The predicted molar refractivity (Wildman–Crippen MR) is 111 cm³/mol. The molecule has 0 aliphatic carbocycles. The van der Waals surface area contributed by atoms with Crippen LogP contribution in [0.1, 0.15) is 68.4 Å². The third-order valence-corrected chi connectivity index (χ3v) is 5.97. The molecule has 1 fully saturated rings. The van der Waals surface area contributed by atoms with Crippen LogP contribution in [0.2, 0.25) is 0 Å². The van der Waals surface area contributed by atoms with Crippen LogP contribution in [0.5, 0.6) is 0 Å². The van der Waals surface area contributed by atoms with Gasteiger partial charge in [-0.15, -0.1) is 0 Å². The average Bonchev–Trinajstić information content (AvgIpc) is 3.10. The second-order valence-electron chi connectivity index (χ2n) is 8.13. The third-order valence-electron chi connectivity index (χ3n) is 5.97. The van der Waals surface area contributed by atoms with E-state index in [0.717, 1.165) is 61.7 Å². The number of hydrogen-bond acceptors (Lipinski definition) is 6. The lowest BCUT2D eigenvalue weighted by atomic mass is 9.92. The Morgan fingerprint density at radius 2 is 2.07 bits per heavy atom. The first-order chi connectivity index (χ1) is 14.1. The SMILES string of the molecule is CCCc1cn(CCO)c(C2CCN(c3ncnc4c3C(C)CC(=O)N4)CC2)n1. The van der Waals surface area contributed by atoms with Crippen molar-refractivity contribution in [1.82, 2.24) is 19.5 Å². The van der Waals surface area contributed by atoms with Crippen LogP contribution in [0.25, 0.3) is 0 Å². The molecule has 8 heteroatoms. The van der Waals surface area contributed by atoms with E-state index >= 15 is 0 Å². The molecule has 0 bridgehead atoms. The van der Waals surface area contributed by atoms with Gasteiger partial charge in [0.15, 0.2) is 0 Å². The Bertz CT molecular complexity index is 872. The lowest BCUT2D eigenvalue weighted by Gasteiger charge is -2.35. The van der Waals surface area contributed by atoms with E-state index in [2.05, 4.69) is 44.8 Å². The Morgan fingerprint density at radius 3 is 2.79 bits per heavy atom. The number of fused-ring (bicyclic) bond motifs is 1. The summed E-state index contributed by atoms with van der Waals surface area (Å²) in [7, 11) is 0. The van der Waals surface area contributed by atoms with Gasteiger partial charge in [-0.2, -0.15) is 0 Å². The van der Waals surface area contributed by atoms with E-state index in [4.69, 9.17) is 4.98 Å². The van der Waals surface area contributed by atoms with Crippen molar-refractivity contribution in [1.29, 1.82) is 0 Å². The van der Waals surface area contributed by atoms with Crippen molar-refractivity contribution in [3.05, 3.63) is 29.6 Å². The zero-order valence-corrected chi connectivity index (χ0v) is 17.3. The molecule has 4 heterocycles. The molecule has 0 radical (unpaired) electrons. The maximum absolute atomic E-state index is 11.8. The summed E-state index contributed by atoms with van der Waals surface area (Å²) in [4.78, 5) is 27.9. The molecule has 29 heavy (non-hydrogen) atoms. The molecule has 0 saturated carbocycles. The van der Waals surface area contributed by atoms with Crippen LogP contribution in [0, 0.1) is 0 Å². The highest BCUT2D eigenvalue weighted by Gasteiger charge is 2.31. The molecule has 1 unspecified atom stereocenters. The first-order valence-corrected chi connectivity index (χ1v) is 10.7. The molecule has 4 rings (SSSR count). The van der Waals surface area contributed by atoms with Gasteiger partial charge < -0.3 is 19.9 Å². The molecule has 0 spiro atoms. The summed E-state index contributed by atoms with van der Waals surface area (Å²) in [6.45, 7) is 6.74. The van der Waals surface area contributed by atoms with Gasteiger partial charge in [-0.1, -0.05) is 20.3 Å². The smallest absolute Gasteiger partial charge is 0.226 e. The molecule has 2 aromatic heterocycles. The van der Waals surface area contributed by atoms with Crippen molar-refractivity contribution in [2.45, 2.75) is 64.3 Å². The number of aliphatic hydroxyl groups is 1. The molecular weight excluding hydrogens is 368 g/mol. The number of anilines is 2. The number of hydrogen-bond donors (Lipinski definition) is 2. The van der Waals surface area contributed by atoms with Crippen LogP contribution in [0.15, 0.2) is 12.5 Å². The monoisotopic (exact) mass is 398 g/mol. The fraction of sp³-hybridized carbons (Fsp3) is 0.619. The number of aromatic nitrogens is 4. The predicted octanol–water partition coefficient (Wildman–Crippen LogP) is 2.45. The zero-order chi connectivity index (χ0) is 20.4. The molecule has 8 nitrogen and oxygen atoms in total. The number of rotatable bonds is 6. The lowest BCUT2D eigenvalue weighted by Crippen LogP contribution is -2.36. The first kappa shape index (κ1) is 19.8. The number of nitrogens with zero attached hydrogens (tertiary/aromatic N) is 5. The topological polar surface area (TPSA) is 96.2 Å². The number of piperidine rings is 1. The maximum Gasteiger partial charge on any atom is 0.226 e. The summed E-state index contributed by atoms with van der Waals surface area (Å²) < 4.78 is 2.13. The van der Waals surface area contributed by atoms with Crippen LogP contribution in [-0.2, 0) is 17.8 Å². The van der Waals surface area contributed by atoms with Gasteiger partial charge in [0, 0.05) is 43.7 Å². The third kappa shape index (κ3) is 3.99. The second kappa shape index (κ2) is 8.49. The van der Waals surface area contributed by atoms with Crippen LogP contribution >= 0.6 is 0 Å². The minimum Gasteiger partial charge on any atom is -0.395 e. The number of nitrogens with one attached hydrogen (secondary N) is 1. The fourth-order valence-corrected chi connectivity index (χ4v) is 4.58. The first-order valence-electron chi connectivity index (χ1n) is 10.7. The molecule has 1 amide bonds. The largest absolute Gasteiger partial charge is 0.395 e. The normalized spacial score (nSPS) is 19.9. The Kier molecular flexibility index (Phi) is 5.80. The van der Waals surface area contributed by atoms with E-state index in [1.54, 1.807) is 6.33 Å². The van der Waals surface area contributed by atoms with Crippen molar-refractivity contribution < 1.29 is 9.90 Å². The molecule has 2 N–H and O–H groups in total. The van der Waals surface area contributed by atoms with E-state index < -0.39 is 0 Å². The summed E-state index contributed by atoms with van der Waals surface area (Å²) in [6, 6.07) is 0. The van der Waals surface area contributed by atoms with Crippen LogP contribution < -0.4 is 10.2 Å². The van der Waals surface area contributed by atoms with Crippen molar-refractivity contribution in [3.63, 3.8) is 0 Å². The van der Waals surface area contributed by atoms with Crippen LogP contribution in [-0.4, -0.2) is 50.2 Å². The summed E-state index contributed by atoms with van der Waals surface area (Å²) in [5, 5.41) is 12.3. The number of carbonyl (C=O) groups is 1. The van der Waals surface area contributed by atoms with Crippen molar-refractivity contribution >= 4 is 17.5 Å². The molecule has 1 atom stereocenters. The summed E-state index contributed by atoms with van der Waals surface area (Å²) in [6.07, 6.45) is 8.16. The van der Waals surface area contributed by atoms with Gasteiger partial charge >= 0.3 is 0 Å². The van der Waals surface area contributed by atoms with Crippen molar-refractivity contribution in [3.8, 4) is 0 Å². The summed E-state index contributed by atoms with van der Waals surface area (Å²) in [5.41, 5.74) is 2.17. The molecule has 2 aromatic rings. The Morgan fingerprint density at radius 1 is 1.28 bits per heavy atom. The minimum absolute atomic E-state index is 0.0203. The zero-order valence-electron chi connectivity index (χ0n) is 17.3. The fourth-order valence-electron chi connectivity index (χ4n) is 4.58. The van der Waals surface area contributed by atoms with Crippen molar-refractivity contribution in [2.75, 3.05) is 29.9 Å². The highest BCUT2D eigenvalue weighted by Crippen LogP contribution is 2.38. The molecule has 0 aromatic carbocycles. The van der Waals surface area contributed by atoms with Gasteiger partial charge in [-0.3, -0.25) is 4.79 Å².